The normalized spacial score (nSPS) is 12.0. The van der Waals surface area contributed by atoms with Crippen LogP contribution in [-0.4, -0.2) is 41.9 Å². The molecule has 0 bridgehead atoms. The number of carboxylic acids is 1. The van der Waals surface area contributed by atoms with Crippen molar-refractivity contribution in [2.24, 2.45) is 0 Å². The van der Waals surface area contributed by atoms with Crippen LogP contribution >= 0.6 is 0 Å². The molecule has 1 aliphatic carbocycles. The minimum atomic E-state index is -1.18. The molecule has 0 fully saturated rings. The third-order valence-electron chi connectivity index (χ3n) is 4.16. The minimum absolute atomic E-state index is 0.0982. The maximum atomic E-state index is 12.1. The van der Waals surface area contributed by atoms with Gasteiger partial charge in [-0.15, -0.1) is 0 Å². The number of fused-ring (bicyclic) bond motifs is 3. The second-order valence-electron chi connectivity index (χ2n) is 5.70. The van der Waals surface area contributed by atoms with Crippen LogP contribution in [0.3, 0.4) is 0 Å². The van der Waals surface area contributed by atoms with Crippen LogP contribution in [0.5, 0.6) is 0 Å². The molecular weight excluding hydrogens is 320 g/mol. The lowest BCUT2D eigenvalue weighted by molar-refractivity contribution is -0.137. The first-order valence-corrected chi connectivity index (χ1v) is 7.76. The molecule has 0 unspecified atom stereocenters. The molecule has 2 aromatic rings. The van der Waals surface area contributed by atoms with E-state index in [0.29, 0.717) is 0 Å². The van der Waals surface area contributed by atoms with Gasteiger partial charge in [-0.05, 0) is 22.3 Å². The second-order valence-corrected chi connectivity index (χ2v) is 5.70. The lowest BCUT2D eigenvalue weighted by Crippen LogP contribution is -2.36. The molecule has 0 aliphatic heterocycles. The predicted molar refractivity (Wildman–Crippen MR) is 90.9 cm³/mol. The molecule has 0 saturated heterocycles. The van der Waals surface area contributed by atoms with Gasteiger partial charge in [0.15, 0.2) is 0 Å². The number of nitrogens with zero attached hydrogens (tertiary/aromatic N) is 2. The van der Waals surface area contributed by atoms with Crippen molar-refractivity contribution in [1.82, 2.24) is 4.90 Å². The summed E-state index contributed by atoms with van der Waals surface area (Å²) in [6, 6.07) is 15.9. The molecule has 25 heavy (non-hydrogen) atoms. The number of rotatable bonds is 5. The number of amides is 1. The van der Waals surface area contributed by atoms with Crippen molar-refractivity contribution in [2.75, 3.05) is 19.8 Å². The lowest BCUT2D eigenvalue weighted by Gasteiger charge is -2.18. The summed E-state index contributed by atoms with van der Waals surface area (Å²) in [5, 5.41) is 8.85. The van der Waals surface area contributed by atoms with Gasteiger partial charge in [0.25, 0.3) is 6.67 Å². The predicted octanol–water partition coefficient (Wildman–Crippen LogP) is 3.20. The van der Waals surface area contributed by atoms with Crippen LogP contribution in [0.15, 0.2) is 48.5 Å². The highest BCUT2D eigenvalue weighted by molar-refractivity contribution is 5.79. The average molecular weight is 336 g/mol. The van der Waals surface area contributed by atoms with Crippen LogP contribution in [0, 0.1) is 6.57 Å². The SMILES string of the molecule is [C-]#[N+]CN(CC(=O)O)C(=O)OCC1c2ccccc2-c2ccccc21. The van der Waals surface area contributed by atoms with E-state index in [1.165, 1.54) is 0 Å². The Balaban J connectivity index is 1.78. The molecule has 126 valence electrons. The summed E-state index contributed by atoms with van der Waals surface area (Å²) in [5.41, 5.74) is 4.38. The van der Waals surface area contributed by atoms with Crippen LogP contribution < -0.4 is 0 Å². The molecule has 0 atom stereocenters. The molecule has 3 rings (SSSR count). The molecule has 1 N–H and O–H groups in total. The minimum Gasteiger partial charge on any atom is -0.480 e. The van der Waals surface area contributed by atoms with Gasteiger partial charge in [0.05, 0.1) is 0 Å². The van der Waals surface area contributed by atoms with Gasteiger partial charge in [-0.25, -0.2) is 16.3 Å². The zero-order chi connectivity index (χ0) is 17.8. The molecule has 1 amide bonds. The molecule has 0 radical (unpaired) electrons. The maximum absolute atomic E-state index is 12.1. The first-order chi connectivity index (χ1) is 12.1. The summed E-state index contributed by atoms with van der Waals surface area (Å²) >= 11 is 0. The summed E-state index contributed by atoms with van der Waals surface area (Å²) in [6.07, 6.45) is -0.791. The van der Waals surface area contributed by atoms with E-state index in [1.807, 2.05) is 48.5 Å². The number of hydrogen-bond donors (Lipinski definition) is 1. The maximum Gasteiger partial charge on any atom is 0.416 e. The van der Waals surface area contributed by atoms with Gasteiger partial charge in [-0.1, -0.05) is 48.5 Å². The lowest BCUT2D eigenvalue weighted by atomic mass is 9.98. The number of aliphatic carboxylic acids is 1. The van der Waals surface area contributed by atoms with Crippen molar-refractivity contribution < 1.29 is 19.4 Å². The molecule has 6 heteroatoms. The van der Waals surface area contributed by atoms with E-state index in [1.54, 1.807) is 0 Å². The van der Waals surface area contributed by atoms with Crippen LogP contribution in [0.1, 0.15) is 17.0 Å². The third-order valence-corrected chi connectivity index (χ3v) is 4.16. The van der Waals surface area contributed by atoms with Gasteiger partial charge in [-0.2, -0.15) is 0 Å². The molecule has 2 aromatic carbocycles. The standard InChI is InChI=1S/C19H16N2O4/c1-20-12-21(10-18(22)23)19(24)25-11-17-15-8-4-2-6-13(15)14-7-3-5-9-16(14)17/h2-9,17H,10-12H2,(H,22,23). The number of carbonyl (C=O) groups is 2. The van der Waals surface area contributed by atoms with Gasteiger partial charge >= 0.3 is 12.1 Å². The number of hydrogen-bond acceptors (Lipinski definition) is 3. The first-order valence-electron chi connectivity index (χ1n) is 7.76. The van der Waals surface area contributed by atoms with Crippen molar-refractivity contribution in [1.29, 1.82) is 0 Å². The summed E-state index contributed by atoms with van der Waals surface area (Å²) in [5.74, 6) is -1.28. The van der Waals surface area contributed by atoms with Gasteiger partial charge in [0, 0.05) is 5.92 Å². The van der Waals surface area contributed by atoms with E-state index in [4.69, 9.17) is 16.4 Å². The highest BCUT2D eigenvalue weighted by atomic mass is 16.6. The topological polar surface area (TPSA) is 71.2 Å². The molecular formula is C19H16N2O4. The van der Waals surface area contributed by atoms with E-state index in [0.717, 1.165) is 27.2 Å². The zero-order valence-corrected chi connectivity index (χ0v) is 13.4. The largest absolute Gasteiger partial charge is 0.480 e. The van der Waals surface area contributed by atoms with E-state index in [-0.39, 0.29) is 19.2 Å². The highest BCUT2D eigenvalue weighted by Crippen LogP contribution is 2.44. The third kappa shape index (κ3) is 3.31. The van der Waals surface area contributed by atoms with E-state index in [9.17, 15) is 9.59 Å². The number of carbonyl (C=O) groups excluding carboxylic acids is 1. The molecule has 0 saturated carbocycles. The van der Waals surface area contributed by atoms with Gasteiger partial charge in [0.1, 0.15) is 13.2 Å². The smallest absolute Gasteiger partial charge is 0.416 e. The van der Waals surface area contributed by atoms with E-state index in [2.05, 4.69) is 4.85 Å². The number of carboxylic acid groups (broad SMARTS) is 1. The Morgan fingerprint density at radius 2 is 1.64 bits per heavy atom. The van der Waals surface area contributed by atoms with Crippen LogP contribution in [0.2, 0.25) is 0 Å². The molecule has 0 spiro atoms. The summed E-state index contributed by atoms with van der Waals surface area (Å²) in [4.78, 5) is 26.9. The summed E-state index contributed by atoms with van der Waals surface area (Å²) < 4.78 is 5.34. The van der Waals surface area contributed by atoms with Gasteiger partial charge in [0.2, 0.25) is 0 Å². The monoisotopic (exact) mass is 336 g/mol. The Bertz CT molecular complexity index is 811. The van der Waals surface area contributed by atoms with E-state index < -0.39 is 18.6 Å². The fraction of sp³-hybridized carbons (Fsp3) is 0.211. The Labute approximate surface area is 145 Å². The van der Waals surface area contributed by atoms with Crippen LogP contribution in [0.4, 0.5) is 4.79 Å². The van der Waals surface area contributed by atoms with Gasteiger partial charge in [-0.3, -0.25) is 9.64 Å². The molecule has 6 nitrogen and oxygen atoms in total. The zero-order valence-electron chi connectivity index (χ0n) is 13.4. The van der Waals surface area contributed by atoms with Crippen LogP contribution in [0.25, 0.3) is 16.0 Å². The second kappa shape index (κ2) is 7.05. The van der Waals surface area contributed by atoms with Crippen molar-refractivity contribution in [2.45, 2.75) is 5.92 Å². The van der Waals surface area contributed by atoms with Crippen molar-refractivity contribution in [3.05, 3.63) is 71.1 Å². The Hall–Kier alpha value is -3.33. The molecule has 0 aromatic heterocycles. The van der Waals surface area contributed by atoms with E-state index >= 15 is 0 Å². The number of benzene rings is 2. The van der Waals surface area contributed by atoms with Gasteiger partial charge < -0.3 is 9.84 Å². The molecule has 0 heterocycles. The van der Waals surface area contributed by atoms with Crippen LogP contribution in [-0.2, 0) is 9.53 Å². The highest BCUT2D eigenvalue weighted by Gasteiger charge is 2.30. The van der Waals surface area contributed by atoms with Crippen molar-refractivity contribution in [3.8, 4) is 11.1 Å². The fourth-order valence-corrected chi connectivity index (χ4v) is 3.11. The molecule has 1 aliphatic rings. The number of ether oxygens (including phenoxy) is 1. The Kier molecular flexibility index (Phi) is 4.66. The summed E-state index contributed by atoms with van der Waals surface area (Å²) in [6.45, 7) is 6.04. The Morgan fingerprint density at radius 3 is 2.16 bits per heavy atom. The quantitative estimate of drug-likeness (QED) is 0.851. The Morgan fingerprint density at radius 1 is 1.08 bits per heavy atom. The van der Waals surface area contributed by atoms with Crippen molar-refractivity contribution >= 4 is 12.1 Å². The first kappa shape index (κ1) is 16.5. The summed E-state index contributed by atoms with van der Waals surface area (Å²) in [7, 11) is 0. The average Bonchev–Trinajstić information content (AvgIpc) is 2.93. The van der Waals surface area contributed by atoms with Crippen molar-refractivity contribution in [3.63, 3.8) is 0 Å². The fourth-order valence-electron chi connectivity index (χ4n) is 3.11.